The van der Waals surface area contributed by atoms with Gasteiger partial charge in [0.2, 0.25) is 0 Å². The van der Waals surface area contributed by atoms with Crippen molar-refractivity contribution in [3.8, 4) is 0 Å². The van der Waals surface area contributed by atoms with Crippen LogP contribution >= 0.6 is 0 Å². The largest absolute Gasteiger partial charge is 0.321 e. The van der Waals surface area contributed by atoms with Gasteiger partial charge in [0.1, 0.15) is 0 Å². The maximum atomic E-state index is 6.75. The first-order chi connectivity index (χ1) is 9.78. The highest BCUT2D eigenvalue weighted by Gasteiger charge is 2.46. The minimum atomic E-state index is 0.0460. The molecule has 1 aliphatic heterocycles. The number of nitrogens with two attached hydrogens (primary N) is 1. The minimum absolute atomic E-state index is 0.0460. The van der Waals surface area contributed by atoms with Gasteiger partial charge in [0.25, 0.3) is 0 Å². The Kier molecular flexibility index (Phi) is 4.08. The van der Waals surface area contributed by atoms with E-state index >= 15 is 0 Å². The van der Waals surface area contributed by atoms with E-state index in [2.05, 4.69) is 22.1 Å². The van der Waals surface area contributed by atoms with Crippen molar-refractivity contribution in [2.45, 2.75) is 70.0 Å². The lowest BCUT2D eigenvalue weighted by Gasteiger charge is -2.43. The lowest BCUT2D eigenvalue weighted by Crippen LogP contribution is -2.53. The number of hydrogen-bond donors (Lipinski definition) is 1. The van der Waals surface area contributed by atoms with Crippen molar-refractivity contribution >= 4 is 0 Å². The molecule has 0 spiro atoms. The van der Waals surface area contributed by atoms with Crippen LogP contribution in [0.1, 0.15) is 63.6 Å². The maximum Gasteiger partial charge on any atom is 0.0773 e. The molecule has 0 radical (unpaired) electrons. The van der Waals surface area contributed by atoms with Crippen molar-refractivity contribution in [1.82, 2.24) is 19.9 Å². The molecule has 112 valence electrons. The molecule has 2 fully saturated rings. The van der Waals surface area contributed by atoms with Gasteiger partial charge in [-0.2, -0.15) is 0 Å². The lowest BCUT2D eigenvalue weighted by atomic mass is 9.85. The van der Waals surface area contributed by atoms with Crippen molar-refractivity contribution in [2.75, 3.05) is 13.1 Å². The summed E-state index contributed by atoms with van der Waals surface area (Å²) in [6, 6.07) is 0.0460. The summed E-state index contributed by atoms with van der Waals surface area (Å²) in [4.78, 5) is 2.66. The number of likely N-dealkylation sites (tertiary alicyclic amines) is 1. The highest BCUT2D eigenvalue weighted by molar-refractivity contribution is 5.14. The molecule has 3 rings (SSSR count). The second-order valence-corrected chi connectivity index (χ2v) is 6.36. The Morgan fingerprint density at radius 2 is 1.95 bits per heavy atom. The van der Waals surface area contributed by atoms with E-state index in [9.17, 15) is 0 Å². The molecule has 2 aliphatic rings. The molecule has 0 amide bonds. The van der Waals surface area contributed by atoms with Gasteiger partial charge in [-0.3, -0.25) is 4.90 Å². The van der Waals surface area contributed by atoms with Crippen LogP contribution in [-0.2, 0) is 6.54 Å². The molecule has 5 nitrogen and oxygen atoms in total. The fourth-order valence-electron chi connectivity index (χ4n) is 4.14. The first-order valence-corrected chi connectivity index (χ1v) is 8.17. The first kappa shape index (κ1) is 14.0. The molecule has 1 saturated carbocycles. The van der Waals surface area contributed by atoms with Gasteiger partial charge in [-0.05, 0) is 45.2 Å². The van der Waals surface area contributed by atoms with Crippen LogP contribution in [0.3, 0.4) is 0 Å². The topological polar surface area (TPSA) is 60.0 Å². The lowest BCUT2D eigenvalue weighted by molar-refractivity contribution is 0.0887. The van der Waals surface area contributed by atoms with Crippen LogP contribution in [0.15, 0.2) is 6.20 Å². The zero-order valence-corrected chi connectivity index (χ0v) is 12.6. The number of nitrogens with zero attached hydrogens (tertiary/aromatic N) is 4. The standard InChI is InChI=1S/C15H27N5/c1-2-9-20-13(12-17-18-20)14(16)15(7-3-4-8-15)19-10-5-6-11-19/h12,14H,2-11,16H2,1H3. The van der Waals surface area contributed by atoms with Crippen LogP contribution in [0.25, 0.3) is 0 Å². The van der Waals surface area contributed by atoms with E-state index < -0.39 is 0 Å². The quantitative estimate of drug-likeness (QED) is 0.895. The molecule has 0 bridgehead atoms. The molecule has 1 atom stereocenters. The first-order valence-electron chi connectivity index (χ1n) is 8.17. The Bertz CT molecular complexity index is 429. The molecular formula is C15H27N5. The van der Waals surface area contributed by atoms with Gasteiger partial charge >= 0.3 is 0 Å². The fourth-order valence-corrected chi connectivity index (χ4v) is 4.14. The second-order valence-electron chi connectivity index (χ2n) is 6.36. The van der Waals surface area contributed by atoms with E-state index in [1.165, 1.54) is 51.6 Å². The Morgan fingerprint density at radius 1 is 1.25 bits per heavy atom. The van der Waals surface area contributed by atoms with Gasteiger partial charge in [-0.1, -0.05) is 25.0 Å². The van der Waals surface area contributed by atoms with Gasteiger partial charge in [0.05, 0.1) is 17.9 Å². The number of rotatable bonds is 5. The minimum Gasteiger partial charge on any atom is -0.321 e. The Hall–Kier alpha value is -0.940. The van der Waals surface area contributed by atoms with Crippen LogP contribution in [-0.4, -0.2) is 38.5 Å². The Labute approximate surface area is 121 Å². The van der Waals surface area contributed by atoms with Crippen LogP contribution in [0.5, 0.6) is 0 Å². The molecular weight excluding hydrogens is 250 g/mol. The summed E-state index contributed by atoms with van der Waals surface area (Å²) in [6.45, 7) is 5.51. The predicted molar refractivity (Wildman–Crippen MR) is 79.2 cm³/mol. The molecule has 0 aromatic carbocycles. The number of aryl methyl sites for hydroxylation is 1. The van der Waals surface area contributed by atoms with Crippen molar-refractivity contribution < 1.29 is 0 Å². The summed E-state index contributed by atoms with van der Waals surface area (Å²) in [5, 5.41) is 8.33. The molecule has 2 heterocycles. The highest BCUT2D eigenvalue weighted by Crippen LogP contribution is 2.44. The van der Waals surface area contributed by atoms with Gasteiger partial charge < -0.3 is 5.73 Å². The molecule has 1 aromatic rings. The van der Waals surface area contributed by atoms with Gasteiger partial charge in [0, 0.05) is 12.1 Å². The SMILES string of the molecule is CCCn1nncc1C(N)C1(N2CCCC2)CCCC1. The van der Waals surface area contributed by atoms with E-state index in [4.69, 9.17) is 5.73 Å². The molecule has 1 aliphatic carbocycles. The molecule has 1 saturated heterocycles. The maximum absolute atomic E-state index is 6.75. The van der Waals surface area contributed by atoms with Crippen molar-refractivity contribution in [2.24, 2.45) is 5.73 Å². The molecule has 5 heteroatoms. The summed E-state index contributed by atoms with van der Waals surface area (Å²) in [5.41, 5.74) is 8.03. The number of hydrogen-bond acceptors (Lipinski definition) is 4. The van der Waals surface area contributed by atoms with E-state index in [-0.39, 0.29) is 11.6 Å². The average Bonchev–Trinajstić information content (AvgIpc) is 3.20. The summed E-state index contributed by atoms with van der Waals surface area (Å²) >= 11 is 0. The van der Waals surface area contributed by atoms with Crippen LogP contribution in [0, 0.1) is 0 Å². The van der Waals surface area contributed by atoms with E-state index in [1.54, 1.807) is 0 Å². The zero-order valence-electron chi connectivity index (χ0n) is 12.6. The van der Waals surface area contributed by atoms with Gasteiger partial charge in [-0.25, -0.2) is 4.68 Å². The monoisotopic (exact) mass is 277 g/mol. The average molecular weight is 277 g/mol. The van der Waals surface area contributed by atoms with Crippen LogP contribution < -0.4 is 5.73 Å². The third-order valence-corrected chi connectivity index (χ3v) is 5.19. The van der Waals surface area contributed by atoms with E-state index in [1.807, 2.05) is 10.9 Å². The molecule has 1 unspecified atom stereocenters. The molecule has 2 N–H and O–H groups in total. The molecule has 1 aromatic heterocycles. The van der Waals surface area contributed by atoms with Crippen molar-refractivity contribution in [3.05, 3.63) is 11.9 Å². The van der Waals surface area contributed by atoms with Gasteiger partial charge in [-0.15, -0.1) is 5.10 Å². The van der Waals surface area contributed by atoms with Crippen molar-refractivity contribution in [3.63, 3.8) is 0 Å². The summed E-state index contributed by atoms with van der Waals surface area (Å²) < 4.78 is 2.01. The third kappa shape index (κ3) is 2.27. The third-order valence-electron chi connectivity index (χ3n) is 5.19. The van der Waals surface area contributed by atoms with E-state index in [0.717, 1.165) is 18.7 Å². The highest BCUT2D eigenvalue weighted by atomic mass is 15.4. The second kappa shape index (κ2) is 5.82. The summed E-state index contributed by atoms with van der Waals surface area (Å²) in [5.74, 6) is 0. The predicted octanol–water partition coefficient (Wildman–Crippen LogP) is 2.10. The van der Waals surface area contributed by atoms with Crippen molar-refractivity contribution in [1.29, 1.82) is 0 Å². The normalized spacial score (nSPS) is 24.3. The summed E-state index contributed by atoms with van der Waals surface area (Å²) in [7, 11) is 0. The van der Waals surface area contributed by atoms with E-state index in [0.29, 0.717) is 0 Å². The number of aromatic nitrogens is 3. The fraction of sp³-hybridized carbons (Fsp3) is 0.867. The smallest absolute Gasteiger partial charge is 0.0773 e. The Balaban J connectivity index is 1.88. The van der Waals surface area contributed by atoms with Crippen LogP contribution in [0.2, 0.25) is 0 Å². The zero-order chi connectivity index (χ0) is 14.0. The van der Waals surface area contributed by atoms with Crippen LogP contribution in [0.4, 0.5) is 0 Å². The Morgan fingerprint density at radius 3 is 2.60 bits per heavy atom. The van der Waals surface area contributed by atoms with Gasteiger partial charge in [0.15, 0.2) is 0 Å². The molecule has 20 heavy (non-hydrogen) atoms. The summed E-state index contributed by atoms with van der Waals surface area (Å²) in [6.07, 6.45) is 10.7.